The van der Waals surface area contributed by atoms with E-state index in [1.54, 1.807) is 4.90 Å². The largest absolute Gasteiger partial charge is 0.322 e. The number of anilines is 1. The average Bonchev–Trinajstić information content (AvgIpc) is 2.67. The van der Waals surface area contributed by atoms with E-state index in [2.05, 4.69) is 10.3 Å². The third-order valence-corrected chi connectivity index (χ3v) is 4.64. The number of fused-ring (bicyclic) bond motifs is 1. The number of hydrogen-bond acceptors (Lipinski definition) is 3. The van der Waals surface area contributed by atoms with Crippen molar-refractivity contribution in [1.29, 1.82) is 0 Å². The molecule has 0 aliphatic rings. The second-order valence-electron chi connectivity index (χ2n) is 7.38. The molecule has 6 nitrogen and oxygen atoms in total. The fourth-order valence-corrected chi connectivity index (χ4v) is 2.99. The van der Waals surface area contributed by atoms with E-state index in [9.17, 15) is 14.0 Å². The van der Waals surface area contributed by atoms with Crippen molar-refractivity contribution in [2.45, 2.75) is 13.5 Å². The lowest BCUT2D eigenvalue weighted by Crippen LogP contribution is -2.40. The second kappa shape index (κ2) is 8.87. The van der Waals surface area contributed by atoms with Crippen molar-refractivity contribution in [3.8, 4) is 0 Å². The molecule has 152 valence electrons. The predicted octanol–water partition coefficient (Wildman–Crippen LogP) is 3.57. The summed E-state index contributed by atoms with van der Waals surface area (Å²) in [5.74, 6) is -0.370. The van der Waals surface area contributed by atoms with Gasteiger partial charge >= 0.3 is 6.03 Å². The summed E-state index contributed by atoms with van der Waals surface area (Å²) in [5.41, 5.74) is 2.62. The summed E-state index contributed by atoms with van der Waals surface area (Å²) in [5, 5.41) is 3.68. The summed E-state index contributed by atoms with van der Waals surface area (Å²) in [6.07, 6.45) is 0. The van der Waals surface area contributed by atoms with Crippen molar-refractivity contribution in [2.75, 3.05) is 32.5 Å². The van der Waals surface area contributed by atoms with Crippen LogP contribution in [-0.2, 0) is 6.54 Å². The maximum Gasteiger partial charge on any atom is 0.322 e. The summed E-state index contributed by atoms with van der Waals surface area (Å²) < 4.78 is 13.1. The van der Waals surface area contributed by atoms with E-state index in [0.717, 1.165) is 16.5 Å². The van der Waals surface area contributed by atoms with Crippen LogP contribution in [-0.4, -0.2) is 48.0 Å². The van der Waals surface area contributed by atoms with Gasteiger partial charge in [0.15, 0.2) is 0 Å². The first-order chi connectivity index (χ1) is 13.8. The number of amides is 2. The number of rotatable bonds is 6. The fourth-order valence-electron chi connectivity index (χ4n) is 2.99. The molecule has 0 aliphatic heterocycles. The summed E-state index contributed by atoms with van der Waals surface area (Å²) in [4.78, 5) is 31.8. The lowest BCUT2D eigenvalue weighted by atomic mass is 10.1. The summed E-state index contributed by atoms with van der Waals surface area (Å²) >= 11 is 0. The smallest absolute Gasteiger partial charge is 0.322 e. The highest BCUT2D eigenvalue weighted by molar-refractivity contribution is 5.89. The Kier molecular flexibility index (Phi) is 6.29. The number of aromatic nitrogens is 1. The van der Waals surface area contributed by atoms with Gasteiger partial charge in [0, 0.05) is 29.9 Å². The molecule has 0 unspecified atom stereocenters. The third-order valence-electron chi connectivity index (χ3n) is 4.64. The average molecular weight is 396 g/mol. The molecule has 0 saturated carbocycles. The number of urea groups is 1. The number of H-pyrrole nitrogens is 1. The Labute approximate surface area is 169 Å². The van der Waals surface area contributed by atoms with Gasteiger partial charge in [-0.15, -0.1) is 0 Å². The Balaban J connectivity index is 1.84. The number of carbonyl (C=O) groups excluding carboxylic acids is 1. The highest BCUT2D eigenvalue weighted by Gasteiger charge is 2.17. The predicted molar refractivity (Wildman–Crippen MR) is 114 cm³/mol. The number of aryl methyl sites for hydroxylation is 1. The zero-order valence-electron chi connectivity index (χ0n) is 16.8. The molecule has 0 aliphatic carbocycles. The Morgan fingerprint density at radius 1 is 1.07 bits per heavy atom. The van der Waals surface area contributed by atoms with E-state index in [0.29, 0.717) is 24.3 Å². The first-order valence-electron chi connectivity index (χ1n) is 9.40. The molecule has 0 atom stereocenters. The minimum Gasteiger partial charge on any atom is -0.322 e. The van der Waals surface area contributed by atoms with Gasteiger partial charge in [-0.3, -0.25) is 4.79 Å². The number of nitrogens with one attached hydrogen (secondary N) is 2. The summed E-state index contributed by atoms with van der Waals surface area (Å²) in [6, 6.07) is 12.9. The Morgan fingerprint density at radius 2 is 1.79 bits per heavy atom. The maximum absolute atomic E-state index is 13.1. The number of aromatic amines is 1. The van der Waals surface area contributed by atoms with Gasteiger partial charge in [0.25, 0.3) is 5.56 Å². The number of nitrogens with zero attached hydrogens (tertiary/aromatic N) is 2. The summed E-state index contributed by atoms with van der Waals surface area (Å²) in [7, 11) is 3.84. The normalized spacial score (nSPS) is 11.1. The Morgan fingerprint density at radius 3 is 2.48 bits per heavy atom. The first kappa shape index (κ1) is 20.5. The van der Waals surface area contributed by atoms with E-state index in [1.165, 1.54) is 24.3 Å². The lowest BCUT2D eigenvalue weighted by molar-refractivity contribution is 0.202. The molecule has 0 fully saturated rings. The topological polar surface area (TPSA) is 68.4 Å². The molecular weight excluding hydrogens is 371 g/mol. The minimum absolute atomic E-state index is 0.167. The molecule has 1 heterocycles. The van der Waals surface area contributed by atoms with Crippen LogP contribution in [0.5, 0.6) is 0 Å². The number of benzene rings is 2. The van der Waals surface area contributed by atoms with Crippen LogP contribution in [0, 0.1) is 12.7 Å². The molecule has 0 bridgehead atoms. The van der Waals surface area contributed by atoms with Crippen LogP contribution in [0.1, 0.15) is 11.1 Å². The molecule has 29 heavy (non-hydrogen) atoms. The quantitative estimate of drug-likeness (QED) is 0.669. The van der Waals surface area contributed by atoms with Crippen LogP contribution < -0.4 is 10.9 Å². The molecule has 3 aromatic rings. The first-order valence-corrected chi connectivity index (χ1v) is 9.40. The van der Waals surface area contributed by atoms with Crippen molar-refractivity contribution < 1.29 is 9.18 Å². The Hall–Kier alpha value is -3.19. The number of likely N-dealkylation sites (N-methyl/N-ethyl adjacent to an activating group) is 1. The van der Waals surface area contributed by atoms with E-state index in [4.69, 9.17) is 0 Å². The minimum atomic E-state index is -0.370. The molecule has 0 radical (unpaired) electrons. The molecule has 3 rings (SSSR count). The molecular formula is C22H25FN4O2. The van der Waals surface area contributed by atoms with Gasteiger partial charge < -0.3 is 20.1 Å². The molecule has 0 spiro atoms. The molecule has 2 N–H and O–H groups in total. The van der Waals surface area contributed by atoms with Crippen molar-refractivity contribution in [3.05, 3.63) is 75.8 Å². The highest BCUT2D eigenvalue weighted by Crippen LogP contribution is 2.15. The third kappa shape index (κ3) is 5.42. The standard InChI is InChI=1S/C22H25FN4O2/c1-15-4-5-16-13-17(21(28)25-20(16)12-15)14-27(11-10-26(2)3)22(29)24-19-8-6-18(23)7-9-19/h4-9,12-13H,10-11,14H2,1-3H3,(H,24,29)(H,25,28). The van der Waals surface area contributed by atoms with Gasteiger partial charge in [-0.1, -0.05) is 12.1 Å². The van der Waals surface area contributed by atoms with Gasteiger partial charge in [0.1, 0.15) is 5.82 Å². The van der Waals surface area contributed by atoms with Gasteiger partial charge in [-0.05, 0) is 68.4 Å². The van der Waals surface area contributed by atoms with Crippen LogP contribution in [0.3, 0.4) is 0 Å². The second-order valence-corrected chi connectivity index (χ2v) is 7.38. The van der Waals surface area contributed by atoms with Crippen LogP contribution in [0.25, 0.3) is 10.9 Å². The van der Waals surface area contributed by atoms with Crippen molar-refractivity contribution >= 4 is 22.6 Å². The van der Waals surface area contributed by atoms with Crippen molar-refractivity contribution in [1.82, 2.24) is 14.8 Å². The van der Waals surface area contributed by atoms with Crippen LogP contribution in [0.15, 0.2) is 53.3 Å². The highest BCUT2D eigenvalue weighted by atomic mass is 19.1. The van der Waals surface area contributed by atoms with E-state index >= 15 is 0 Å². The molecule has 0 saturated heterocycles. The monoisotopic (exact) mass is 396 g/mol. The molecule has 7 heteroatoms. The van der Waals surface area contributed by atoms with Crippen molar-refractivity contribution in [3.63, 3.8) is 0 Å². The lowest BCUT2D eigenvalue weighted by Gasteiger charge is -2.24. The maximum atomic E-state index is 13.1. The number of carbonyl (C=O) groups is 1. The zero-order chi connectivity index (χ0) is 21.0. The molecule has 2 aromatic carbocycles. The SMILES string of the molecule is Cc1ccc2cc(CN(CCN(C)C)C(=O)Nc3ccc(F)cc3)c(=O)[nH]c2c1. The van der Waals surface area contributed by atoms with Gasteiger partial charge in [-0.25, -0.2) is 9.18 Å². The Bertz CT molecular complexity index is 1060. The van der Waals surface area contributed by atoms with E-state index in [-0.39, 0.29) is 24.0 Å². The zero-order valence-corrected chi connectivity index (χ0v) is 16.8. The molecule has 1 aromatic heterocycles. The van der Waals surface area contributed by atoms with Crippen LogP contribution in [0.2, 0.25) is 0 Å². The van der Waals surface area contributed by atoms with Crippen LogP contribution in [0.4, 0.5) is 14.9 Å². The van der Waals surface area contributed by atoms with Crippen molar-refractivity contribution in [2.24, 2.45) is 0 Å². The summed E-state index contributed by atoms with van der Waals surface area (Å²) in [6.45, 7) is 3.21. The fraction of sp³-hybridized carbons (Fsp3) is 0.273. The van der Waals surface area contributed by atoms with Gasteiger partial charge in [0.05, 0.1) is 6.54 Å². The van der Waals surface area contributed by atoms with Gasteiger partial charge in [0.2, 0.25) is 0 Å². The van der Waals surface area contributed by atoms with E-state index in [1.807, 2.05) is 50.2 Å². The molecule has 2 amide bonds. The van der Waals surface area contributed by atoms with Gasteiger partial charge in [-0.2, -0.15) is 0 Å². The number of pyridine rings is 1. The van der Waals surface area contributed by atoms with E-state index < -0.39 is 0 Å². The number of halogens is 1. The van der Waals surface area contributed by atoms with Crippen LogP contribution >= 0.6 is 0 Å². The number of hydrogen-bond donors (Lipinski definition) is 2.